The van der Waals surface area contributed by atoms with Crippen molar-refractivity contribution in [1.29, 1.82) is 0 Å². The van der Waals surface area contributed by atoms with Crippen LogP contribution in [0.3, 0.4) is 0 Å². The summed E-state index contributed by atoms with van der Waals surface area (Å²) in [4.78, 5) is 0. The van der Waals surface area contributed by atoms with Crippen LogP contribution in [-0.4, -0.2) is 6.61 Å². The van der Waals surface area contributed by atoms with Crippen molar-refractivity contribution < 1.29 is 31.1 Å². The fourth-order valence-electron chi connectivity index (χ4n) is 4.15. The summed E-state index contributed by atoms with van der Waals surface area (Å²) in [7, 11) is 0. The highest BCUT2D eigenvalue weighted by molar-refractivity contribution is 5.89. The minimum absolute atomic E-state index is 0.0366. The van der Waals surface area contributed by atoms with Crippen LogP contribution >= 0.6 is 0 Å². The summed E-state index contributed by atoms with van der Waals surface area (Å²) < 4.78 is 88.3. The van der Waals surface area contributed by atoms with Crippen LogP contribution in [0.1, 0.15) is 31.7 Å². The van der Waals surface area contributed by atoms with Crippen LogP contribution in [0.4, 0.5) is 26.3 Å². The van der Waals surface area contributed by atoms with E-state index in [-0.39, 0.29) is 33.0 Å². The van der Waals surface area contributed by atoms with Gasteiger partial charge in [0.15, 0.2) is 11.6 Å². The second-order valence-corrected chi connectivity index (χ2v) is 8.28. The molecular formula is C28H22F6O. The Morgan fingerprint density at radius 2 is 1.49 bits per heavy atom. The Kier molecular flexibility index (Phi) is 7.34. The van der Waals surface area contributed by atoms with Crippen LogP contribution in [0.15, 0.2) is 60.7 Å². The second kappa shape index (κ2) is 10.4. The maximum Gasteiger partial charge on any atom is 0.387 e. The maximum absolute atomic E-state index is 15.0. The highest BCUT2D eigenvalue weighted by atomic mass is 19.3. The molecule has 182 valence electrons. The summed E-state index contributed by atoms with van der Waals surface area (Å²) >= 11 is 0. The van der Waals surface area contributed by atoms with Gasteiger partial charge in [0.25, 0.3) is 0 Å². The summed E-state index contributed by atoms with van der Waals surface area (Å²) in [5.74, 6) is -4.01. The Balaban J connectivity index is 1.67. The van der Waals surface area contributed by atoms with E-state index in [1.165, 1.54) is 36.4 Å². The summed E-state index contributed by atoms with van der Waals surface area (Å²) in [6.45, 7) is -1.11. The molecule has 0 fully saturated rings. The molecule has 0 bridgehead atoms. The molecular weight excluding hydrogens is 466 g/mol. The quantitative estimate of drug-likeness (QED) is 0.178. The molecule has 0 amide bonds. The number of hydrogen-bond donors (Lipinski definition) is 0. The first-order valence-electron chi connectivity index (χ1n) is 11.2. The van der Waals surface area contributed by atoms with Crippen LogP contribution in [0, 0.1) is 23.3 Å². The lowest BCUT2D eigenvalue weighted by atomic mass is 9.95. The molecule has 35 heavy (non-hydrogen) atoms. The van der Waals surface area contributed by atoms with Crippen molar-refractivity contribution >= 4 is 10.8 Å². The van der Waals surface area contributed by atoms with Gasteiger partial charge in [0, 0.05) is 10.9 Å². The minimum Gasteiger partial charge on any atom is -0.432 e. The molecule has 0 aliphatic heterocycles. The molecule has 0 atom stereocenters. The molecule has 4 aromatic rings. The van der Waals surface area contributed by atoms with Gasteiger partial charge in [0.2, 0.25) is 0 Å². The normalized spacial score (nSPS) is 11.4. The van der Waals surface area contributed by atoms with Crippen molar-refractivity contribution in [2.75, 3.05) is 0 Å². The van der Waals surface area contributed by atoms with Gasteiger partial charge in [-0.25, -0.2) is 17.6 Å². The van der Waals surface area contributed by atoms with Crippen LogP contribution in [-0.2, 0) is 6.42 Å². The van der Waals surface area contributed by atoms with Crippen molar-refractivity contribution in [2.24, 2.45) is 0 Å². The number of ether oxygens (including phenoxy) is 1. The minimum atomic E-state index is -3.19. The number of unbranched alkanes of at least 4 members (excludes halogenated alkanes) is 2. The first kappa shape index (κ1) is 24.6. The summed E-state index contributed by atoms with van der Waals surface area (Å²) in [5.41, 5.74) is 0.721. The van der Waals surface area contributed by atoms with Gasteiger partial charge in [-0.05, 0) is 65.3 Å². The van der Waals surface area contributed by atoms with E-state index < -0.39 is 35.6 Å². The predicted molar refractivity (Wildman–Crippen MR) is 125 cm³/mol. The standard InChI is InChI=1S/C28H22F6O/c1-2-3-4-5-16-6-9-20(22(29)12-16)19-14-23(30)26(24(31)15-19)18-7-10-21-17(13-18)8-11-25(27(21)32)35-28(33)34/h6-15,28H,2-5H2,1H3. The Bertz CT molecular complexity index is 1340. The third-order valence-electron chi connectivity index (χ3n) is 5.88. The molecule has 0 aromatic heterocycles. The van der Waals surface area contributed by atoms with Crippen molar-refractivity contribution in [2.45, 2.75) is 39.2 Å². The molecule has 0 saturated heterocycles. The van der Waals surface area contributed by atoms with E-state index in [1.54, 1.807) is 6.07 Å². The Labute approximate surface area is 199 Å². The summed E-state index contributed by atoms with van der Waals surface area (Å²) in [5, 5.41) is 0.208. The SMILES string of the molecule is CCCCCc1ccc(-c2cc(F)c(-c3ccc4c(F)c(OC(F)F)ccc4c3)c(F)c2)c(F)c1. The molecule has 0 spiro atoms. The fraction of sp³-hybridized carbons (Fsp3) is 0.214. The van der Waals surface area contributed by atoms with E-state index in [2.05, 4.69) is 11.7 Å². The van der Waals surface area contributed by atoms with Crippen LogP contribution < -0.4 is 4.74 Å². The van der Waals surface area contributed by atoms with Gasteiger partial charge in [-0.3, -0.25) is 0 Å². The van der Waals surface area contributed by atoms with Gasteiger partial charge < -0.3 is 4.74 Å². The van der Waals surface area contributed by atoms with Gasteiger partial charge in [-0.2, -0.15) is 8.78 Å². The van der Waals surface area contributed by atoms with Gasteiger partial charge in [0.05, 0.1) is 5.56 Å². The molecule has 0 aliphatic carbocycles. The topological polar surface area (TPSA) is 9.23 Å². The Morgan fingerprint density at radius 3 is 2.14 bits per heavy atom. The van der Waals surface area contributed by atoms with Crippen molar-refractivity contribution in [3.63, 3.8) is 0 Å². The van der Waals surface area contributed by atoms with Gasteiger partial charge in [-0.15, -0.1) is 0 Å². The highest BCUT2D eigenvalue weighted by Gasteiger charge is 2.18. The van der Waals surface area contributed by atoms with Crippen LogP contribution in [0.2, 0.25) is 0 Å². The third kappa shape index (κ3) is 5.29. The smallest absolute Gasteiger partial charge is 0.387 e. The van der Waals surface area contributed by atoms with Crippen molar-refractivity contribution in [1.82, 2.24) is 0 Å². The monoisotopic (exact) mass is 488 g/mol. The zero-order valence-electron chi connectivity index (χ0n) is 18.9. The third-order valence-corrected chi connectivity index (χ3v) is 5.88. The first-order valence-corrected chi connectivity index (χ1v) is 11.2. The number of alkyl halides is 2. The molecule has 1 nitrogen and oxygen atoms in total. The number of fused-ring (bicyclic) bond motifs is 1. The number of benzene rings is 4. The number of rotatable bonds is 8. The molecule has 0 heterocycles. The Morgan fingerprint density at radius 1 is 0.743 bits per heavy atom. The molecule has 0 unspecified atom stereocenters. The van der Waals surface area contributed by atoms with E-state index in [0.717, 1.165) is 49.4 Å². The van der Waals surface area contributed by atoms with Crippen LogP contribution in [0.25, 0.3) is 33.0 Å². The highest BCUT2D eigenvalue weighted by Crippen LogP contribution is 2.35. The molecule has 4 aromatic carbocycles. The van der Waals surface area contributed by atoms with E-state index in [9.17, 15) is 17.6 Å². The van der Waals surface area contributed by atoms with Gasteiger partial charge in [-0.1, -0.05) is 50.1 Å². The lowest BCUT2D eigenvalue weighted by Gasteiger charge is -2.12. The van der Waals surface area contributed by atoms with Crippen molar-refractivity contribution in [3.8, 4) is 28.0 Å². The number of hydrogen-bond acceptors (Lipinski definition) is 1. The molecule has 4 rings (SSSR count). The fourth-order valence-corrected chi connectivity index (χ4v) is 4.15. The predicted octanol–water partition coefficient (Wildman–Crippen LogP) is 9.06. The largest absolute Gasteiger partial charge is 0.432 e. The van der Waals surface area contributed by atoms with Gasteiger partial charge in [0.1, 0.15) is 17.5 Å². The second-order valence-electron chi connectivity index (χ2n) is 8.28. The lowest BCUT2D eigenvalue weighted by molar-refractivity contribution is -0.0520. The van der Waals surface area contributed by atoms with Crippen LogP contribution in [0.5, 0.6) is 5.75 Å². The lowest BCUT2D eigenvalue weighted by Crippen LogP contribution is -2.03. The number of halogens is 6. The zero-order chi connectivity index (χ0) is 25.1. The molecule has 0 radical (unpaired) electrons. The van der Waals surface area contributed by atoms with Crippen molar-refractivity contribution in [3.05, 3.63) is 89.5 Å². The maximum atomic E-state index is 15.0. The molecule has 0 saturated carbocycles. The average molecular weight is 488 g/mol. The molecule has 7 heteroatoms. The zero-order valence-corrected chi connectivity index (χ0v) is 18.9. The molecule has 0 N–H and O–H groups in total. The molecule has 0 aliphatic rings. The average Bonchev–Trinajstić information content (AvgIpc) is 2.80. The number of aryl methyl sites for hydroxylation is 1. The van der Waals surface area contributed by atoms with E-state index in [0.29, 0.717) is 0 Å². The summed E-state index contributed by atoms with van der Waals surface area (Å²) in [6, 6.07) is 13.0. The Hall–Kier alpha value is -3.48. The first-order chi connectivity index (χ1) is 16.8. The van der Waals surface area contributed by atoms with E-state index >= 15 is 8.78 Å². The summed E-state index contributed by atoms with van der Waals surface area (Å²) in [6.07, 6.45) is 3.74. The van der Waals surface area contributed by atoms with Gasteiger partial charge >= 0.3 is 6.61 Å². The van der Waals surface area contributed by atoms with E-state index in [4.69, 9.17) is 0 Å². The van der Waals surface area contributed by atoms with E-state index in [1.807, 2.05) is 0 Å².